The van der Waals surface area contributed by atoms with E-state index in [9.17, 15) is 0 Å². The molecule has 2 fully saturated rings. The summed E-state index contributed by atoms with van der Waals surface area (Å²) in [7, 11) is 0. The molecule has 0 aliphatic carbocycles. The van der Waals surface area contributed by atoms with E-state index in [1.54, 1.807) is 0 Å². The minimum absolute atomic E-state index is 0.368. The van der Waals surface area contributed by atoms with Crippen LogP contribution in [0.15, 0.2) is 0 Å². The first-order valence-electron chi connectivity index (χ1n) is 6.55. The topological polar surface area (TPSA) is 21.7 Å². The molecule has 0 aromatic carbocycles. The van der Waals surface area contributed by atoms with Crippen molar-refractivity contribution in [3.63, 3.8) is 0 Å². The van der Waals surface area contributed by atoms with Crippen LogP contribution in [-0.2, 0) is 9.47 Å². The van der Waals surface area contributed by atoms with Gasteiger partial charge in [-0.15, -0.1) is 0 Å². The van der Waals surface area contributed by atoms with Crippen LogP contribution in [0.1, 0.15) is 33.6 Å². The maximum atomic E-state index is 5.69. The Hall–Kier alpha value is -0.120. The second kappa shape index (κ2) is 5.03. The smallest absolute Gasteiger partial charge is 0.162 e. The van der Waals surface area contributed by atoms with Gasteiger partial charge in [0.1, 0.15) is 0 Å². The zero-order valence-corrected chi connectivity index (χ0v) is 10.9. The molecular weight excluding hydrogens is 202 g/mol. The number of ether oxygens (including phenoxy) is 2. The summed E-state index contributed by atoms with van der Waals surface area (Å²) in [6.45, 7) is 11.7. The number of piperidine rings is 1. The SMILES string of the molecule is CC1CCN(CC2COC(C)(C)OC2)CC1. The van der Waals surface area contributed by atoms with Crippen LogP contribution in [0, 0.1) is 11.8 Å². The van der Waals surface area contributed by atoms with E-state index in [0.29, 0.717) is 5.92 Å². The fraction of sp³-hybridized carbons (Fsp3) is 1.00. The van der Waals surface area contributed by atoms with Crippen LogP contribution in [0.25, 0.3) is 0 Å². The maximum absolute atomic E-state index is 5.69. The number of hydrogen-bond donors (Lipinski definition) is 0. The molecule has 0 unspecified atom stereocenters. The van der Waals surface area contributed by atoms with Gasteiger partial charge in [-0.3, -0.25) is 0 Å². The zero-order valence-electron chi connectivity index (χ0n) is 10.9. The van der Waals surface area contributed by atoms with Gasteiger partial charge in [0.15, 0.2) is 5.79 Å². The third kappa shape index (κ3) is 3.44. The molecule has 2 saturated heterocycles. The largest absolute Gasteiger partial charge is 0.350 e. The molecule has 3 nitrogen and oxygen atoms in total. The molecule has 2 heterocycles. The molecule has 0 amide bonds. The highest BCUT2D eigenvalue weighted by atomic mass is 16.7. The average molecular weight is 227 g/mol. The summed E-state index contributed by atoms with van der Waals surface area (Å²) in [5.74, 6) is 1.10. The van der Waals surface area contributed by atoms with Gasteiger partial charge in [-0.05, 0) is 45.7 Å². The number of hydrogen-bond acceptors (Lipinski definition) is 3. The van der Waals surface area contributed by atoms with Gasteiger partial charge in [0.2, 0.25) is 0 Å². The molecule has 0 atom stereocenters. The molecule has 0 radical (unpaired) electrons. The molecule has 3 heteroatoms. The van der Waals surface area contributed by atoms with Gasteiger partial charge in [-0.2, -0.15) is 0 Å². The Balaban J connectivity index is 1.71. The third-order valence-corrected chi connectivity index (χ3v) is 3.73. The third-order valence-electron chi connectivity index (χ3n) is 3.73. The summed E-state index contributed by atoms with van der Waals surface area (Å²) in [4.78, 5) is 2.57. The van der Waals surface area contributed by atoms with Gasteiger partial charge >= 0.3 is 0 Å². The monoisotopic (exact) mass is 227 g/mol. The summed E-state index contributed by atoms with van der Waals surface area (Å²) in [6, 6.07) is 0. The van der Waals surface area contributed by atoms with Crippen molar-refractivity contribution in [3.05, 3.63) is 0 Å². The summed E-state index contributed by atoms with van der Waals surface area (Å²) >= 11 is 0. The van der Waals surface area contributed by atoms with Gasteiger partial charge in [0.05, 0.1) is 13.2 Å². The Morgan fingerprint density at radius 1 is 1.12 bits per heavy atom. The average Bonchev–Trinajstić information content (AvgIpc) is 2.24. The van der Waals surface area contributed by atoms with Crippen LogP contribution in [0.5, 0.6) is 0 Å². The van der Waals surface area contributed by atoms with Crippen molar-refractivity contribution in [3.8, 4) is 0 Å². The minimum Gasteiger partial charge on any atom is -0.350 e. The van der Waals surface area contributed by atoms with E-state index in [0.717, 1.165) is 25.7 Å². The standard InChI is InChI=1S/C13H25NO2/c1-11-4-6-14(7-5-11)8-12-9-15-13(2,3)16-10-12/h11-12H,4-10H2,1-3H3. The molecule has 2 aliphatic rings. The molecular formula is C13H25NO2. The van der Waals surface area contributed by atoms with Crippen LogP contribution >= 0.6 is 0 Å². The molecule has 0 spiro atoms. The summed E-state index contributed by atoms with van der Waals surface area (Å²) in [6.07, 6.45) is 2.69. The van der Waals surface area contributed by atoms with Crippen molar-refractivity contribution in [1.29, 1.82) is 0 Å². The minimum atomic E-state index is -0.368. The zero-order chi connectivity index (χ0) is 11.6. The molecule has 0 bridgehead atoms. The Labute approximate surface area is 99.1 Å². The van der Waals surface area contributed by atoms with E-state index < -0.39 is 0 Å². The summed E-state index contributed by atoms with van der Waals surface area (Å²) < 4.78 is 11.4. The van der Waals surface area contributed by atoms with Crippen LogP contribution in [0.3, 0.4) is 0 Å². The number of nitrogens with zero attached hydrogens (tertiary/aromatic N) is 1. The normalized spacial score (nSPS) is 29.4. The predicted octanol–water partition coefficient (Wildman–Crippen LogP) is 2.12. The first-order chi connectivity index (χ1) is 7.55. The number of rotatable bonds is 2. The molecule has 2 rings (SSSR count). The Kier molecular flexibility index (Phi) is 3.88. The predicted molar refractivity (Wildman–Crippen MR) is 64.3 cm³/mol. The van der Waals surface area contributed by atoms with Crippen LogP contribution < -0.4 is 0 Å². The fourth-order valence-corrected chi connectivity index (χ4v) is 2.44. The van der Waals surface area contributed by atoms with E-state index in [2.05, 4.69) is 11.8 Å². The van der Waals surface area contributed by atoms with Crippen molar-refractivity contribution in [2.75, 3.05) is 32.8 Å². The molecule has 0 aromatic heterocycles. The fourth-order valence-electron chi connectivity index (χ4n) is 2.44. The summed E-state index contributed by atoms with van der Waals surface area (Å²) in [5.41, 5.74) is 0. The second-order valence-electron chi connectivity index (χ2n) is 5.87. The lowest BCUT2D eigenvalue weighted by Crippen LogP contribution is -2.45. The number of likely N-dealkylation sites (tertiary alicyclic amines) is 1. The maximum Gasteiger partial charge on any atom is 0.162 e. The highest BCUT2D eigenvalue weighted by Gasteiger charge is 2.29. The van der Waals surface area contributed by atoms with Gasteiger partial charge in [-0.25, -0.2) is 0 Å². The molecule has 0 N–H and O–H groups in total. The molecule has 2 aliphatic heterocycles. The van der Waals surface area contributed by atoms with Gasteiger partial charge in [-0.1, -0.05) is 6.92 Å². The Morgan fingerprint density at radius 2 is 1.69 bits per heavy atom. The molecule has 94 valence electrons. The van der Waals surface area contributed by atoms with Gasteiger partial charge < -0.3 is 14.4 Å². The lowest BCUT2D eigenvalue weighted by atomic mass is 9.98. The van der Waals surface area contributed by atoms with Gasteiger partial charge in [0.25, 0.3) is 0 Å². The lowest BCUT2D eigenvalue weighted by molar-refractivity contribution is -0.263. The van der Waals surface area contributed by atoms with Crippen LogP contribution in [-0.4, -0.2) is 43.5 Å². The van der Waals surface area contributed by atoms with E-state index in [4.69, 9.17) is 9.47 Å². The highest BCUT2D eigenvalue weighted by molar-refractivity contribution is 4.75. The molecule has 0 saturated carbocycles. The van der Waals surface area contributed by atoms with Gasteiger partial charge in [0, 0.05) is 12.5 Å². The second-order valence-corrected chi connectivity index (χ2v) is 5.87. The van der Waals surface area contributed by atoms with Crippen molar-refractivity contribution in [1.82, 2.24) is 4.90 Å². The Bertz CT molecular complexity index is 212. The summed E-state index contributed by atoms with van der Waals surface area (Å²) in [5, 5.41) is 0. The quantitative estimate of drug-likeness (QED) is 0.721. The molecule has 0 aromatic rings. The van der Waals surface area contributed by atoms with E-state index >= 15 is 0 Å². The lowest BCUT2D eigenvalue weighted by Gasteiger charge is -2.38. The van der Waals surface area contributed by atoms with Crippen LogP contribution in [0.2, 0.25) is 0 Å². The van der Waals surface area contributed by atoms with Crippen molar-refractivity contribution in [2.45, 2.75) is 39.4 Å². The van der Waals surface area contributed by atoms with E-state index in [-0.39, 0.29) is 5.79 Å². The molecule has 16 heavy (non-hydrogen) atoms. The van der Waals surface area contributed by atoms with Crippen molar-refractivity contribution < 1.29 is 9.47 Å². The first-order valence-corrected chi connectivity index (χ1v) is 6.55. The Morgan fingerprint density at radius 3 is 2.25 bits per heavy atom. The van der Waals surface area contributed by atoms with Crippen molar-refractivity contribution >= 4 is 0 Å². The van der Waals surface area contributed by atoms with Crippen molar-refractivity contribution in [2.24, 2.45) is 11.8 Å². The first kappa shape index (κ1) is 12.3. The van der Waals surface area contributed by atoms with Crippen LogP contribution in [0.4, 0.5) is 0 Å². The van der Waals surface area contributed by atoms with E-state index in [1.807, 2.05) is 13.8 Å². The van der Waals surface area contributed by atoms with E-state index in [1.165, 1.54) is 25.9 Å². The highest BCUT2D eigenvalue weighted by Crippen LogP contribution is 2.23.